The van der Waals surface area contributed by atoms with Crippen LogP contribution in [0.15, 0.2) is 36.9 Å². The molecular weight excluding hydrogens is 230 g/mol. The Balaban J connectivity index is 2.58. The summed E-state index contributed by atoms with van der Waals surface area (Å²) >= 11 is 1.62. The predicted octanol–water partition coefficient (Wildman–Crippen LogP) is 2.28. The Morgan fingerprint density at radius 2 is 2.00 bits per heavy atom. The van der Waals surface area contributed by atoms with Crippen LogP contribution >= 0.6 is 11.3 Å². The number of rotatable bonds is 2. The Hall–Kier alpha value is -1.87. The van der Waals surface area contributed by atoms with E-state index < -0.39 is 0 Å². The number of aromatic nitrogens is 1. The smallest absolute Gasteiger partial charge is 0.124 e. The SMILES string of the molecule is C=C/C=c1/sc(-c2ccc(O)cc2)n/c1=C/C. The molecule has 0 aliphatic heterocycles. The fraction of sp³-hybridized carbons (Fsp3) is 0.0714. The van der Waals surface area contributed by atoms with Crippen LogP contribution in [0.5, 0.6) is 5.75 Å². The van der Waals surface area contributed by atoms with E-state index in [4.69, 9.17) is 0 Å². The van der Waals surface area contributed by atoms with E-state index in [9.17, 15) is 5.11 Å². The second-order valence-electron chi connectivity index (χ2n) is 3.51. The van der Waals surface area contributed by atoms with Crippen molar-refractivity contribution in [2.75, 3.05) is 0 Å². The van der Waals surface area contributed by atoms with Crippen LogP contribution < -0.4 is 9.88 Å². The topological polar surface area (TPSA) is 33.1 Å². The molecule has 2 aromatic rings. The first-order valence-corrected chi connectivity index (χ1v) is 6.11. The molecule has 17 heavy (non-hydrogen) atoms. The lowest BCUT2D eigenvalue weighted by Crippen LogP contribution is -2.19. The van der Waals surface area contributed by atoms with Gasteiger partial charge in [-0.3, -0.25) is 0 Å². The van der Waals surface area contributed by atoms with Gasteiger partial charge in [0.25, 0.3) is 0 Å². The fourth-order valence-corrected chi connectivity index (χ4v) is 2.54. The van der Waals surface area contributed by atoms with E-state index in [1.807, 2.05) is 31.2 Å². The molecule has 1 aromatic heterocycles. The summed E-state index contributed by atoms with van der Waals surface area (Å²) in [7, 11) is 0. The summed E-state index contributed by atoms with van der Waals surface area (Å²) in [6, 6.07) is 7.07. The normalized spacial score (nSPS) is 13.0. The molecule has 0 spiro atoms. The van der Waals surface area contributed by atoms with E-state index in [2.05, 4.69) is 11.6 Å². The third kappa shape index (κ3) is 2.45. The van der Waals surface area contributed by atoms with E-state index in [-0.39, 0.29) is 5.75 Å². The van der Waals surface area contributed by atoms with Crippen molar-refractivity contribution < 1.29 is 5.11 Å². The van der Waals surface area contributed by atoms with Crippen LogP contribution in [-0.4, -0.2) is 10.1 Å². The molecule has 0 bridgehead atoms. The van der Waals surface area contributed by atoms with Gasteiger partial charge >= 0.3 is 0 Å². The number of nitrogens with zero attached hydrogens (tertiary/aromatic N) is 1. The van der Waals surface area contributed by atoms with Crippen molar-refractivity contribution >= 4 is 23.5 Å². The molecule has 0 amide bonds. The number of phenols is 1. The van der Waals surface area contributed by atoms with Gasteiger partial charge in [-0.25, -0.2) is 4.98 Å². The summed E-state index contributed by atoms with van der Waals surface area (Å²) in [6.45, 7) is 5.67. The van der Waals surface area contributed by atoms with Crippen LogP contribution in [0.2, 0.25) is 0 Å². The Bertz CT molecular complexity index is 638. The molecule has 86 valence electrons. The average molecular weight is 243 g/mol. The maximum Gasteiger partial charge on any atom is 0.124 e. The first-order valence-electron chi connectivity index (χ1n) is 5.30. The minimum atomic E-state index is 0.269. The highest BCUT2D eigenvalue weighted by molar-refractivity contribution is 7.13. The van der Waals surface area contributed by atoms with Gasteiger partial charge in [0.2, 0.25) is 0 Å². The van der Waals surface area contributed by atoms with Gasteiger partial charge in [-0.15, -0.1) is 11.3 Å². The second kappa shape index (κ2) is 4.97. The van der Waals surface area contributed by atoms with Gasteiger partial charge in [-0.1, -0.05) is 18.7 Å². The number of allylic oxidation sites excluding steroid dienone is 1. The van der Waals surface area contributed by atoms with E-state index in [1.165, 1.54) is 0 Å². The summed E-state index contributed by atoms with van der Waals surface area (Å²) in [5.74, 6) is 0.269. The first-order chi connectivity index (χ1) is 8.24. The van der Waals surface area contributed by atoms with Gasteiger partial charge in [-0.2, -0.15) is 0 Å². The van der Waals surface area contributed by atoms with Crippen LogP contribution in [0.1, 0.15) is 6.92 Å². The summed E-state index contributed by atoms with van der Waals surface area (Å²) in [5.41, 5.74) is 1.01. The van der Waals surface area contributed by atoms with E-state index >= 15 is 0 Å². The van der Waals surface area contributed by atoms with E-state index in [1.54, 1.807) is 29.5 Å². The van der Waals surface area contributed by atoms with Crippen molar-refractivity contribution in [3.8, 4) is 16.3 Å². The van der Waals surface area contributed by atoms with Gasteiger partial charge in [0.15, 0.2) is 0 Å². The number of phenolic OH excluding ortho intramolecular Hbond substituents is 1. The molecule has 0 atom stereocenters. The van der Waals surface area contributed by atoms with Crippen LogP contribution in [-0.2, 0) is 0 Å². The third-order valence-electron chi connectivity index (χ3n) is 2.34. The molecule has 0 radical (unpaired) electrons. The van der Waals surface area contributed by atoms with E-state index in [0.717, 1.165) is 20.5 Å². The Morgan fingerprint density at radius 3 is 2.59 bits per heavy atom. The molecule has 0 aliphatic carbocycles. The van der Waals surface area contributed by atoms with Crippen LogP contribution in [0.4, 0.5) is 0 Å². The zero-order valence-corrected chi connectivity index (χ0v) is 10.4. The summed E-state index contributed by atoms with van der Waals surface area (Å²) in [4.78, 5) is 4.55. The quantitative estimate of drug-likeness (QED) is 0.878. The van der Waals surface area contributed by atoms with Gasteiger partial charge in [0, 0.05) is 5.56 Å². The number of thiazole rings is 1. The summed E-state index contributed by atoms with van der Waals surface area (Å²) < 4.78 is 1.10. The minimum Gasteiger partial charge on any atom is -0.508 e. The van der Waals surface area contributed by atoms with Gasteiger partial charge in [0.1, 0.15) is 10.8 Å². The largest absolute Gasteiger partial charge is 0.508 e. The van der Waals surface area contributed by atoms with Crippen molar-refractivity contribution in [3.63, 3.8) is 0 Å². The number of hydrogen-bond acceptors (Lipinski definition) is 3. The third-order valence-corrected chi connectivity index (χ3v) is 3.42. The highest BCUT2D eigenvalue weighted by Crippen LogP contribution is 2.20. The van der Waals surface area contributed by atoms with Crippen molar-refractivity contribution in [1.82, 2.24) is 4.98 Å². The maximum absolute atomic E-state index is 9.25. The number of benzene rings is 1. The molecule has 0 aliphatic rings. The lowest BCUT2D eigenvalue weighted by molar-refractivity contribution is 0.475. The van der Waals surface area contributed by atoms with Crippen molar-refractivity contribution in [2.24, 2.45) is 0 Å². The monoisotopic (exact) mass is 243 g/mol. The van der Waals surface area contributed by atoms with Gasteiger partial charge < -0.3 is 5.11 Å². The molecular formula is C14H13NOS. The van der Waals surface area contributed by atoms with Crippen molar-refractivity contribution in [3.05, 3.63) is 46.8 Å². The first kappa shape index (κ1) is 11.6. The zero-order valence-electron chi connectivity index (χ0n) is 9.55. The highest BCUT2D eigenvalue weighted by Gasteiger charge is 2.02. The van der Waals surface area contributed by atoms with Crippen LogP contribution in [0.3, 0.4) is 0 Å². The van der Waals surface area contributed by atoms with Gasteiger partial charge in [-0.05, 0) is 37.3 Å². The predicted molar refractivity (Wildman–Crippen MR) is 73.3 cm³/mol. The number of aromatic hydroxyl groups is 1. The van der Waals surface area contributed by atoms with Gasteiger partial charge in [0.05, 0.1) is 9.88 Å². The standard InChI is InChI=1S/C14H13NOS/c1-3-5-13-12(4-2)15-14(17-13)10-6-8-11(16)9-7-10/h3-9,16H,1H2,2H3/b12-4+,13-5+. The minimum absolute atomic E-state index is 0.269. The van der Waals surface area contributed by atoms with Crippen LogP contribution in [0, 0.1) is 0 Å². The fourth-order valence-electron chi connectivity index (χ4n) is 1.50. The zero-order chi connectivity index (χ0) is 12.3. The summed E-state index contributed by atoms with van der Waals surface area (Å²) in [5, 5.41) is 11.2. The average Bonchev–Trinajstić information content (AvgIpc) is 2.74. The Kier molecular flexibility index (Phi) is 3.40. The van der Waals surface area contributed by atoms with E-state index in [0.29, 0.717) is 0 Å². The molecule has 1 N–H and O–H groups in total. The molecule has 1 heterocycles. The highest BCUT2D eigenvalue weighted by atomic mass is 32.1. The molecule has 0 fully saturated rings. The van der Waals surface area contributed by atoms with Crippen molar-refractivity contribution in [1.29, 1.82) is 0 Å². The molecule has 3 heteroatoms. The lowest BCUT2D eigenvalue weighted by Gasteiger charge is -1.95. The molecule has 0 unspecified atom stereocenters. The summed E-state index contributed by atoms with van der Waals surface area (Å²) in [6.07, 6.45) is 5.70. The number of hydrogen-bond donors (Lipinski definition) is 1. The Morgan fingerprint density at radius 1 is 1.29 bits per heavy atom. The molecule has 2 rings (SSSR count). The second-order valence-corrected chi connectivity index (χ2v) is 4.54. The maximum atomic E-state index is 9.25. The molecule has 0 saturated heterocycles. The molecule has 1 aromatic carbocycles. The molecule has 0 saturated carbocycles. The lowest BCUT2D eigenvalue weighted by atomic mass is 10.2. The molecule has 2 nitrogen and oxygen atoms in total. The van der Waals surface area contributed by atoms with Crippen molar-refractivity contribution in [2.45, 2.75) is 6.92 Å². The van der Waals surface area contributed by atoms with Crippen LogP contribution in [0.25, 0.3) is 22.7 Å². The Labute approximate surface area is 104 Å².